The molecule has 6 amide bonds. The molecule has 2 heterocycles. The highest BCUT2D eigenvalue weighted by atomic mass is 32.2. The standard InChI is InChI=1S/C22H24N4O5S/c27-17(14-26-19(29)22(24-20(26)30)9-5-2-6-10-22)23-11-12-25-18(28)16(32-21(25)31)13-15-7-3-1-4-8-15/h1,3-4,7-8,13H,2,5-6,9-12,14H2,(H,23,27)(H,24,30). The van der Waals surface area contributed by atoms with E-state index >= 15 is 0 Å². The lowest BCUT2D eigenvalue weighted by atomic mass is 9.82. The van der Waals surface area contributed by atoms with Gasteiger partial charge in [-0.05, 0) is 36.2 Å². The van der Waals surface area contributed by atoms with Gasteiger partial charge in [0.25, 0.3) is 17.1 Å². The molecule has 2 saturated heterocycles. The lowest BCUT2D eigenvalue weighted by molar-refractivity contribution is -0.135. The summed E-state index contributed by atoms with van der Waals surface area (Å²) >= 11 is 0.855. The maximum absolute atomic E-state index is 12.7. The SMILES string of the molecule is O=C(CN1C(=O)NC2(CCCCC2)C1=O)NCCN1C(=O)SC(=Cc2ccccc2)C1=O. The Morgan fingerprint density at radius 3 is 2.50 bits per heavy atom. The second-order valence-electron chi connectivity index (χ2n) is 8.06. The van der Waals surface area contributed by atoms with E-state index in [0.29, 0.717) is 17.7 Å². The molecular weight excluding hydrogens is 432 g/mol. The van der Waals surface area contributed by atoms with E-state index in [9.17, 15) is 24.0 Å². The number of nitrogens with one attached hydrogen (secondary N) is 2. The van der Waals surface area contributed by atoms with Crippen molar-refractivity contribution < 1.29 is 24.0 Å². The molecule has 0 unspecified atom stereocenters. The van der Waals surface area contributed by atoms with Crippen molar-refractivity contribution in [1.82, 2.24) is 20.4 Å². The molecule has 0 bridgehead atoms. The van der Waals surface area contributed by atoms with Gasteiger partial charge in [-0.3, -0.25) is 29.0 Å². The number of thioether (sulfide) groups is 1. The van der Waals surface area contributed by atoms with Crippen molar-refractivity contribution in [3.63, 3.8) is 0 Å². The minimum atomic E-state index is -0.872. The van der Waals surface area contributed by atoms with Crippen LogP contribution >= 0.6 is 11.8 Å². The number of hydrogen-bond donors (Lipinski definition) is 2. The molecule has 10 heteroatoms. The summed E-state index contributed by atoms with van der Waals surface area (Å²) in [6.07, 6.45) is 5.59. The first-order valence-electron chi connectivity index (χ1n) is 10.6. The zero-order valence-electron chi connectivity index (χ0n) is 17.5. The van der Waals surface area contributed by atoms with Crippen LogP contribution in [0.1, 0.15) is 37.7 Å². The number of carbonyl (C=O) groups is 5. The Morgan fingerprint density at radius 1 is 1.06 bits per heavy atom. The van der Waals surface area contributed by atoms with Gasteiger partial charge < -0.3 is 10.6 Å². The monoisotopic (exact) mass is 456 g/mol. The molecule has 0 aromatic heterocycles. The van der Waals surface area contributed by atoms with Crippen LogP contribution in [-0.2, 0) is 14.4 Å². The minimum absolute atomic E-state index is 0.00656. The van der Waals surface area contributed by atoms with E-state index in [1.807, 2.05) is 30.3 Å². The first-order valence-corrected chi connectivity index (χ1v) is 11.4. The van der Waals surface area contributed by atoms with Gasteiger partial charge in [0.2, 0.25) is 5.91 Å². The second kappa shape index (κ2) is 9.15. The van der Waals surface area contributed by atoms with Gasteiger partial charge in [0.1, 0.15) is 12.1 Å². The van der Waals surface area contributed by atoms with Gasteiger partial charge in [0.15, 0.2) is 0 Å². The summed E-state index contributed by atoms with van der Waals surface area (Å²) in [5.41, 5.74) is -0.0569. The molecule has 1 aromatic carbocycles. The van der Waals surface area contributed by atoms with Gasteiger partial charge >= 0.3 is 6.03 Å². The smallest absolute Gasteiger partial charge is 0.325 e. The van der Waals surface area contributed by atoms with E-state index in [-0.39, 0.29) is 25.5 Å². The van der Waals surface area contributed by atoms with Crippen LogP contribution in [0.3, 0.4) is 0 Å². The van der Waals surface area contributed by atoms with Crippen LogP contribution in [0.15, 0.2) is 35.2 Å². The summed E-state index contributed by atoms with van der Waals surface area (Å²) in [5, 5.41) is 4.95. The van der Waals surface area contributed by atoms with Gasteiger partial charge in [-0.15, -0.1) is 0 Å². The van der Waals surface area contributed by atoms with Gasteiger partial charge in [-0.1, -0.05) is 49.6 Å². The molecule has 1 saturated carbocycles. The van der Waals surface area contributed by atoms with Crippen molar-refractivity contribution in [3.05, 3.63) is 40.8 Å². The molecule has 3 aliphatic rings. The lowest BCUT2D eigenvalue weighted by Crippen LogP contribution is -2.49. The first-order chi connectivity index (χ1) is 15.4. The van der Waals surface area contributed by atoms with Gasteiger partial charge in [0, 0.05) is 13.1 Å². The largest absolute Gasteiger partial charge is 0.353 e. The molecule has 2 aliphatic heterocycles. The molecule has 1 aliphatic carbocycles. The van der Waals surface area contributed by atoms with Crippen molar-refractivity contribution in [2.45, 2.75) is 37.6 Å². The Hall–Kier alpha value is -3.14. The number of benzene rings is 1. The van der Waals surface area contributed by atoms with Gasteiger partial charge in [0.05, 0.1) is 4.91 Å². The molecule has 168 valence electrons. The van der Waals surface area contributed by atoms with Crippen LogP contribution in [0.25, 0.3) is 6.08 Å². The topological polar surface area (TPSA) is 116 Å². The van der Waals surface area contributed by atoms with Crippen molar-refractivity contribution in [2.24, 2.45) is 0 Å². The molecule has 4 rings (SSSR count). The molecule has 1 aromatic rings. The third kappa shape index (κ3) is 4.40. The number of nitrogens with zero attached hydrogens (tertiary/aromatic N) is 2. The maximum Gasteiger partial charge on any atom is 0.325 e. The van der Waals surface area contributed by atoms with Crippen LogP contribution in [0.2, 0.25) is 0 Å². The van der Waals surface area contributed by atoms with E-state index in [1.54, 1.807) is 6.08 Å². The molecular formula is C22H24N4O5S. The number of amides is 6. The lowest BCUT2D eigenvalue weighted by Gasteiger charge is -2.30. The average molecular weight is 457 g/mol. The van der Waals surface area contributed by atoms with Crippen LogP contribution in [0, 0.1) is 0 Å². The Labute approximate surface area is 189 Å². The van der Waals surface area contributed by atoms with Crippen molar-refractivity contribution in [3.8, 4) is 0 Å². The normalized spacial score (nSPS) is 21.6. The van der Waals surface area contributed by atoms with Crippen LogP contribution in [-0.4, -0.2) is 64.0 Å². The van der Waals surface area contributed by atoms with E-state index in [4.69, 9.17) is 0 Å². The third-order valence-electron chi connectivity index (χ3n) is 5.88. The fourth-order valence-corrected chi connectivity index (χ4v) is 5.08. The maximum atomic E-state index is 12.7. The fourth-order valence-electron chi connectivity index (χ4n) is 4.21. The molecule has 2 N–H and O–H groups in total. The summed E-state index contributed by atoms with van der Waals surface area (Å²) in [6, 6.07) is 8.66. The number of urea groups is 1. The molecule has 32 heavy (non-hydrogen) atoms. The number of carbonyl (C=O) groups excluding carboxylic acids is 5. The van der Waals surface area contributed by atoms with Crippen molar-refractivity contribution in [2.75, 3.05) is 19.6 Å². The zero-order valence-corrected chi connectivity index (χ0v) is 18.3. The molecule has 3 fully saturated rings. The Bertz CT molecular complexity index is 987. The van der Waals surface area contributed by atoms with Gasteiger partial charge in [-0.25, -0.2) is 4.79 Å². The van der Waals surface area contributed by atoms with E-state index in [0.717, 1.165) is 46.4 Å². The van der Waals surface area contributed by atoms with Crippen LogP contribution in [0.4, 0.5) is 9.59 Å². The summed E-state index contributed by atoms with van der Waals surface area (Å²) in [6.45, 7) is -0.348. The first kappa shape index (κ1) is 22.1. The fraction of sp³-hybridized carbons (Fsp3) is 0.409. The quantitative estimate of drug-likeness (QED) is 0.500. The summed E-state index contributed by atoms with van der Waals surface area (Å²) < 4.78 is 0. The van der Waals surface area contributed by atoms with E-state index < -0.39 is 28.6 Å². The highest BCUT2D eigenvalue weighted by Gasteiger charge is 2.51. The summed E-state index contributed by atoms with van der Waals surface area (Å²) in [5.74, 6) is -1.28. The Morgan fingerprint density at radius 2 is 1.78 bits per heavy atom. The summed E-state index contributed by atoms with van der Waals surface area (Å²) in [4.78, 5) is 64.4. The van der Waals surface area contributed by atoms with Crippen molar-refractivity contribution >= 4 is 46.8 Å². The third-order valence-corrected chi connectivity index (χ3v) is 6.79. The van der Waals surface area contributed by atoms with E-state index in [2.05, 4.69) is 10.6 Å². The Kier molecular flexibility index (Phi) is 6.31. The number of hydrogen-bond acceptors (Lipinski definition) is 6. The number of rotatable bonds is 6. The van der Waals surface area contributed by atoms with Crippen LogP contribution in [0.5, 0.6) is 0 Å². The zero-order chi connectivity index (χ0) is 22.7. The minimum Gasteiger partial charge on any atom is -0.353 e. The average Bonchev–Trinajstić information content (AvgIpc) is 3.17. The van der Waals surface area contributed by atoms with Gasteiger partial charge in [-0.2, -0.15) is 0 Å². The predicted molar refractivity (Wildman–Crippen MR) is 118 cm³/mol. The summed E-state index contributed by atoms with van der Waals surface area (Å²) in [7, 11) is 0. The second-order valence-corrected chi connectivity index (χ2v) is 9.05. The van der Waals surface area contributed by atoms with Crippen molar-refractivity contribution in [1.29, 1.82) is 0 Å². The molecule has 0 radical (unpaired) electrons. The Balaban J connectivity index is 1.28. The molecule has 0 atom stereocenters. The van der Waals surface area contributed by atoms with E-state index in [1.165, 1.54) is 0 Å². The van der Waals surface area contributed by atoms with Crippen LogP contribution < -0.4 is 10.6 Å². The highest BCUT2D eigenvalue weighted by molar-refractivity contribution is 8.18. The predicted octanol–water partition coefficient (Wildman–Crippen LogP) is 2.09. The highest BCUT2D eigenvalue weighted by Crippen LogP contribution is 2.34. The number of imide groups is 2. The molecule has 9 nitrogen and oxygen atoms in total. The molecule has 1 spiro atoms.